The first-order chi connectivity index (χ1) is 16.1. The van der Waals surface area contributed by atoms with Crippen LogP contribution < -0.4 is 5.32 Å². The summed E-state index contributed by atoms with van der Waals surface area (Å²) in [5, 5.41) is 8.11. The van der Waals surface area contributed by atoms with Crippen LogP contribution in [0.2, 0.25) is 0 Å². The lowest BCUT2D eigenvalue weighted by molar-refractivity contribution is 0.0757. The van der Waals surface area contributed by atoms with E-state index < -0.39 is 9.84 Å². The lowest BCUT2D eigenvalue weighted by atomic mass is 10.0. The minimum absolute atomic E-state index is 0.0109. The number of nitrogens with zero attached hydrogens (tertiary/aromatic N) is 3. The summed E-state index contributed by atoms with van der Waals surface area (Å²) in [6, 6.07) is 7.20. The molecule has 1 amide bonds. The molecule has 1 unspecified atom stereocenters. The smallest absolute Gasteiger partial charge is 0.252 e. The molecule has 1 atom stereocenters. The second kappa shape index (κ2) is 9.79. The van der Waals surface area contributed by atoms with Crippen LogP contribution in [0.25, 0.3) is 22.3 Å². The predicted molar refractivity (Wildman–Crippen MR) is 128 cm³/mol. The van der Waals surface area contributed by atoms with Gasteiger partial charge < -0.3 is 10.1 Å². The van der Waals surface area contributed by atoms with Gasteiger partial charge >= 0.3 is 0 Å². The van der Waals surface area contributed by atoms with Crippen molar-refractivity contribution in [2.75, 3.05) is 24.7 Å². The van der Waals surface area contributed by atoms with Gasteiger partial charge in [0.2, 0.25) is 0 Å². The molecule has 0 aliphatic carbocycles. The van der Waals surface area contributed by atoms with E-state index in [0.717, 1.165) is 0 Å². The highest BCUT2D eigenvalue weighted by molar-refractivity contribution is 7.91. The van der Waals surface area contributed by atoms with Crippen molar-refractivity contribution in [3.8, 4) is 11.3 Å². The number of ether oxygens (including phenoxy) is 1. The number of carbonyl (C=O) groups is 1. The van der Waals surface area contributed by atoms with E-state index in [4.69, 9.17) is 9.72 Å². The molecule has 1 N–H and O–H groups in total. The number of sulfone groups is 1. The summed E-state index contributed by atoms with van der Waals surface area (Å²) in [5.74, 6) is -0.560. The van der Waals surface area contributed by atoms with Crippen LogP contribution in [0.15, 0.2) is 30.3 Å². The Morgan fingerprint density at radius 2 is 2.03 bits per heavy atom. The minimum Gasteiger partial charge on any atom is -0.379 e. The van der Waals surface area contributed by atoms with Crippen LogP contribution >= 0.6 is 0 Å². The maximum atomic E-state index is 13.5. The molecule has 0 saturated carbocycles. The summed E-state index contributed by atoms with van der Waals surface area (Å²) < 4.78 is 44.8. The molecule has 10 heteroatoms. The number of hydrogen-bond donors (Lipinski definition) is 1. The molecule has 3 aromatic rings. The van der Waals surface area contributed by atoms with E-state index >= 15 is 0 Å². The number of aromatic nitrogens is 3. The monoisotopic (exact) mass is 488 g/mol. The van der Waals surface area contributed by atoms with Gasteiger partial charge in [-0.05, 0) is 63.9 Å². The predicted octanol–water partition coefficient (Wildman–Crippen LogP) is 3.45. The van der Waals surface area contributed by atoms with Crippen molar-refractivity contribution in [1.29, 1.82) is 0 Å². The lowest BCUT2D eigenvalue weighted by Gasteiger charge is -2.13. The number of halogens is 1. The third-order valence-corrected chi connectivity index (χ3v) is 7.58. The Balaban J connectivity index is 1.74. The van der Waals surface area contributed by atoms with Crippen LogP contribution in [-0.2, 0) is 14.6 Å². The van der Waals surface area contributed by atoms with Gasteiger partial charge in [0.1, 0.15) is 5.82 Å². The van der Waals surface area contributed by atoms with E-state index in [1.165, 1.54) is 12.1 Å². The largest absolute Gasteiger partial charge is 0.379 e. The molecule has 1 aromatic carbocycles. The first kappa shape index (κ1) is 24.3. The summed E-state index contributed by atoms with van der Waals surface area (Å²) >= 11 is 0. The topological polar surface area (TPSA) is 103 Å². The van der Waals surface area contributed by atoms with Crippen LogP contribution in [0.3, 0.4) is 0 Å². The van der Waals surface area contributed by atoms with E-state index in [-0.39, 0.29) is 35.4 Å². The molecule has 34 heavy (non-hydrogen) atoms. The zero-order valence-electron chi connectivity index (χ0n) is 19.5. The average molecular weight is 489 g/mol. The van der Waals surface area contributed by atoms with Gasteiger partial charge in [-0.3, -0.25) is 4.79 Å². The number of rotatable bonds is 8. The van der Waals surface area contributed by atoms with Crippen molar-refractivity contribution in [3.05, 3.63) is 47.4 Å². The zero-order chi connectivity index (χ0) is 24.5. The first-order valence-electron chi connectivity index (χ1n) is 11.4. The Labute approximate surface area is 198 Å². The minimum atomic E-state index is -3.14. The first-order valence-corrected chi connectivity index (χ1v) is 13.2. The van der Waals surface area contributed by atoms with Gasteiger partial charge in [0.05, 0.1) is 46.0 Å². The van der Waals surface area contributed by atoms with E-state index in [1.54, 1.807) is 29.8 Å². The van der Waals surface area contributed by atoms with Gasteiger partial charge in [-0.15, -0.1) is 0 Å². The van der Waals surface area contributed by atoms with Crippen molar-refractivity contribution >= 4 is 26.8 Å². The molecule has 0 radical (unpaired) electrons. The third kappa shape index (κ3) is 5.28. The molecule has 1 aliphatic heterocycles. The second-order valence-corrected chi connectivity index (χ2v) is 11.1. The summed E-state index contributed by atoms with van der Waals surface area (Å²) in [7, 11) is -3.14. The number of aryl methyl sites for hydroxylation is 1. The van der Waals surface area contributed by atoms with Crippen LogP contribution in [0.4, 0.5) is 4.39 Å². The fourth-order valence-corrected chi connectivity index (χ4v) is 5.86. The van der Waals surface area contributed by atoms with Crippen molar-refractivity contribution in [1.82, 2.24) is 20.1 Å². The Bertz CT molecular complexity index is 1300. The molecule has 0 bridgehead atoms. The molecule has 8 nitrogen and oxygen atoms in total. The lowest BCUT2D eigenvalue weighted by Crippen LogP contribution is -2.26. The highest BCUT2D eigenvalue weighted by Crippen LogP contribution is 2.32. The van der Waals surface area contributed by atoms with Gasteiger partial charge in [-0.1, -0.05) is 0 Å². The number of benzene rings is 1. The van der Waals surface area contributed by atoms with Crippen molar-refractivity contribution in [2.45, 2.75) is 45.8 Å². The van der Waals surface area contributed by atoms with Crippen molar-refractivity contribution in [2.24, 2.45) is 0 Å². The van der Waals surface area contributed by atoms with E-state index in [1.807, 2.05) is 13.8 Å². The third-order valence-electron chi connectivity index (χ3n) is 5.83. The summed E-state index contributed by atoms with van der Waals surface area (Å²) in [4.78, 5) is 18.0. The van der Waals surface area contributed by atoms with Crippen molar-refractivity contribution < 1.29 is 22.3 Å². The van der Waals surface area contributed by atoms with E-state index in [0.29, 0.717) is 59.5 Å². The number of pyridine rings is 1. The van der Waals surface area contributed by atoms with Gasteiger partial charge in [0.15, 0.2) is 15.5 Å². The number of fused-ring (bicyclic) bond motifs is 1. The molecular formula is C24H29FN4O4S. The number of nitrogens with one attached hydrogen (secondary N) is 1. The summed E-state index contributed by atoms with van der Waals surface area (Å²) in [6.07, 6.45) is 1.24. The van der Waals surface area contributed by atoms with Gasteiger partial charge in [-0.2, -0.15) is 5.10 Å². The standard InChI is InChI=1S/C24H29FN4O4S/c1-15(2)33-11-4-10-26-24(30)20-13-21(17-5-7-18(25)8-6-17)27-23-22(20)16(3)28-29(23)19-9-12-34(31,32)14-19/h5-8,13,15,19H,4,9-12,14H2,1-3H3,(H,26,30). The van der Waals surface area contributed by atoms with Gasteiger partial charge in [0, 0.05) is 18.7 Å². The van der Waals surface area contributed by atoms with Crippen molar-refractivity contribution in [3.63, 3.8) is 0 Å². The Hall–Kier alpha value is -2.85. The number of hydrogen-bond acceptors (Lipinski definition) is 6. The highest BCUT2D eigenvalue weighted by Gasteiger charge is 2.32. The summed E-state index contributed by atoms with van der Waals surface area (Å²) in [6.45, 7) is 6.68. The SMILES string of the molecule is Cc1nn(C2CCS(=O)(=O)C2)c2nc(-c3ccc(F)cc3)cc(C(=O)NCCCOC(C)C)c12. The Morgan fingerprint density at radius 1 is 1.29 bits per heavy atom. The highest BCUT2D eigenvalue weighted by atomic mass is 32.2. The number of carbonyl (C=O) groups excluding carboxylic acids is 1. The Kier molecular flexibility index (Phi) is 6.99. The maximum absolute atomic E-state index is 13.5. The van der Waals surface area contributed by atoms with Crippen LogP contribution in [0, 0.1) is 12.7 Å². The van der Waals surface area contributed by atoms with Crippen LogP contribution in [0.5, 0.6) is 0 Å². The average Bonchev–Trinajstić information content (AvgIpc) is 3.32. The van der Waals surface area contributed by atoms with Gasteiger partial charge in [0.25, 0.3) is 5.91 Å². The zero-order valence-corrected chi connectivity index (χ0v) is 20.4. The fourth-order valence-electron chi connectivity index (χ4n) is 4.17. The normalized spacial score (nSPS) is 17.5. The molecule has 4 rings (SSSR count). The molecule has 2 aromatic heterocycles. The molecule has 1 saturated heterocycles. The van der Waals surface area contributed by atoms with Crippen LogP contribution in [-0.4, -0.2) is 59.9 Å². The molecular weight excluding hydrogens is 459 g/mol. The van der Waals surface area contributed by atoms with Gasteiger partial charge in [-0.25, -0.2) is 22.5 Å². The number of amides is 1. The van der Waals surface area contributed by atoms with Crippen LogP contribution in [0.1, 0.15) is 48.8 Å². The molecule has 0 spiro atoms. The summed E-state index contributed by atoms with van der Waals surface area (Å²) in [5.41, 5.74) is 2.59. The Morgan fingerprint density at radius 3 is 2.68 bits per heavy atom. The van der Waals surface area contributed by atoms with E-state index in [9.17, 15) is 17.6 Å². The molecule has 1 fully saturated rings. The second-order valence-electron chi connectivity index (χ2n) is 8.88. The molecule has 1 aliphatic rings. The fraction of sp³-hybridized carbons (Fsp3) is 0.458. The maximum Gasteiger partial charge on any atom is 0.252 e. The molecule has 3 heterocycles. The van der Waals surface area contributed by atoms with E-state index in [2.05, 4.69) is 10.4 Å². The quantitative estimate of drug-likeness (QED) is 0.487. The molecule has 182 valence electrons.